The quantitative estimate of drug-likeness (QED) is 0.945. The Balaban J connectivity index is 1.62. The molecule has 110 valence electrons. The summed E-state index contributed by atoms with van der Waals surface area (Å²) in [5, 5.41) is 4.19. The normalized spacial score (nSPS) is 27.5. The van der Waals surface area contributed by atoms with Crippen LogP contribution in [0.1, 0.15) is 21.7 Å². The van der Waals surface area contributed by atoms with Gasteiger partial charge in [0, 0.05) is 22.8 Å². The van der Waals surface area contributed by atoms with E-state index in [9.17, 15) is 4.79 Å². The molecule has 1 amide bonds. The van der Waals surface area contributed by atoms with Gasteiger partial charge in [-0.25, -0.2) is 0 Å². The minimum atomic E-state index is -0.323. The minimum Gasteiger partial charge on any atom is -0.337 e. The molecule has 2 atom stereocenters. The summed E-state index contributed by atoms with van der Waals surface area (Å²) in [5.41, 5.74) is 6.88. The zero-order valence-electron chi connectivity index (χ0n) is 11.7. The predicted octanol–water partition coefficient (Wildman–Crippen LogP) is 2.61. The van der Waals surface area contributed by atoms with Crippen molar-refractivity contribution in [3.8, 4) is 0 Å². The van der Waals surface area contributed by atoms with Crippen molar-refractivity contribution in [2.75, 3.05) is 13.1 Å². The monoisotopic (exact) mass is 318 g/mol. The SMILES string of the molecule is NC[C@@H]1C[C@@]1(C(=O)N1CCc2sccc2C1)c1cccs1. The number of nitrogens with zero attached hydrogens (tertiary/aromatic N) is 1. The summed E-state index contributed by atoms with van der Waals surface area (Å²) in [6, 6.07) is 6.29. The van der Waals surface area contributed by atoms with Gasteiger partial charge in [-0.1, -0.05) is 6.07 Å². The molecular formula is C16H18N2OS2. The van der Waals surface area contributed by atoms with Gasteiger partial charge in [0.15, 0.2) is 0 Å². The number of hydrogen-bond donors (Lipinski definition) is 1. The summed E-state index contributed by atoms with van der Waals surface area (Å²) in [4.78, 5) is 17.8. The fourth-order valence-corrected chi connectivity index (χ4v) is 5.42. The molecule has 1 saturated carbocycles. The van der Waals surface area contributed by atoms with E-state index in [1.165, 1.54) is 15.3 Å². The smallest absolute Gasteiger partial charge is 0.234 e. The van der Waals surface area contributed by atoms with Crippen molar-refractivity contribution in [2.45, 2.75) is 24.8 Å². The third kappa shape index (κ3) is 1.99. The first-order valence-corrected chi connectivity index (χ1v) is 9.10. The van der Waals surface area contributed by atoms with Crippen molar-refractivity contribution in [3.05, 3.63) is 44.3 Å². The fraction of sp³-hybridized carbons (Fsp3) is 0.438. The average Bonchev–Trinajstić information content (AvgIpc) is 2.90. The molecule has 0 radical (unpaired) electrons. The van der Waals surface area contributed by atoms with E-state index in [4.69, 9.17) is 5.73 Å². The summed E-state index contributed by atoms with van der Waals surface area (Å²) in [6.45, 7) is 2.21. The lowest BCUT2D eigenvalue weighted by Crippen LogP contribution is -2.43. The molecule has 0 spiro atoms. The molecule has 2 aromatic heterocycles. The van der Waals surface area contributed by atoms with Crippen LogP contribution < -0.4 is 5.73 Å². The van der Waals surface area contributed by atoms with E-state index in [-0.39, 0.29) is 11.3 Å². The molecule has 3 heterocycles. The standard InChI is InChI=1S/C16H18N2OS2/c17-9-12-8-16(12,14-2-1-6-21-14)15(19)18-5-3-13-11(10-18)4-7-20-13/h1-2,4,6-7,12H,3,5,8-10,17H2/t12-,16-/m0/s1. The maximum atomic E-state index is 13.2. The van der Waals surface area contributed by atoms with Gasteiger partial charge in [0.1, 0.15) is 0 Å². The van der Waals surface area contributed by atoms with Gasteiger partial charge in [0.2, 0.25) is 5.91 Å². The second-order valence-corrected chi connectivity index (χ2v) is 7.88. The molecule has 0 saturated heterocycles. The number of carbonyl (C=O) groups excluding carboxylic acids is 1. The largest absolute Gasteiger partial charge is 0.337 e. The molecular weight excluding hydrogens is 300 g/mol. The van der Waals surface area contributed by atoms with Crippen molar-refractivity contribution >= 4 is 28.6 Å². The highest BCUT2D eigenvalue weighted by molar-refractivity contribution is 7.10. The number of nitrogens with two attached hydrogens (primary N) is 1. The van der Waals surface area contributed by atoms with Crippen molar-refractivity contribution < 1.29 is 4.79 Å². The predicted molar refractivity (Wildman–Crippen MR) is 86.6 cm³/mol. The minimum absolute atomic E-state index is 0.289. The van der Waals surface area contributed by atoms with Gasteiger partial charge >= 0.3 is 0 Å². The Labute approximate surface area is 132 Å². The van der Waals surface area contributed by atoms with E-state index in [0.29, 0.717) is 12.5 Å². The van der Waals surface area contributed by atoms with Crippen LogP contribution in [-0.4, -0.2) is 23.9 Å². The zero-order chi connectivity index (χ0) is 14.4. The molecule has 4 rings (SSSR count). The number of hydrogen-bond acceptors (Lipinski definition) is 4. The summed E-state index contributed by atoms with van der Waals surface area (Å²) < 4.78 is 0. The summed E-state index contributed by atoms with van der Waals surface area (Å²) >= 11 is 3.50. The summed E-state index contributed by atoms with van der Waals surface area (Å²) in [6.07, 6.45) is 1.91. The number of amides is 1. The molecule has 2 aromatic rings. The summed E-state index contributed by atoms with van der Waals surface area (Å²) in [7, 11) is 0. The number of fused-ring (bicyclic) bond motifs is 1. The van der Waals surface area contributed by atoms with Crippen LogP contribution in [0, 0.1) is 5.92 Å². The third-order valence-electron chi connectivity index (χ3n) is 4.83. The second kappa shape index (κ2) is 4.93. The lowest BCUT2D eigenvalue weighted by molar-refractivity contribution is -0.135. The van der Waals surface area contributed by atoms with Gasteiger partial charge in [-0.2, -0.15) is 0 Å². The van der Waals surface area contributed by atoms with Crippen LogP contribution in [0.15, 0.2) is 29.0 Å². The van der Waals surface area contributed by atoms with Gasteiger partial charge in [-0.15, -0.1) is 22.7 Å². The first-order valence-electron chi connectivity index (χ1n) is 7.34. The van der Waals surface area contributed by atoms with E-state index < -0.39 is 0 Å². The molecule has 5 heteroatoms. The van der Waals surface area contributed by atoms with Gasteiger partial charge < -0.3 is 10.6 Å². The van der Waals surface area contributed by atoms with Gasteiger partial charge in [0.05, 0.1) is 5.41 Å². The molecule has 0 bridgehead atoms. The topological polar surface area (TPSA) is 46.3 Å². The average molecular weight is 318 g/mol. The van der Waals surface area contributed by atoms with E-state index in [1.807, 2.05) is 22.3 Å². The van der Waals surface area contributed by atoms with Crippen LogP contribution in [-0.2, 0) is 23.2 Å². The van der Waals surface area contributed by atoms with E-state index in [0.717, 1.165) is 25.9 Å². The van der Waals surface area contributed by atoms with Crippen LogP contribution in [0.25, 0.3) is 0 Å². The Morgan fingerprint density at radius 2 is 2.29 bits per heavy atom. The van der Waals surface area contributed by atoms with Crippen LogP contribution >= 0.6 is 22.7 Å². The number of carbonyl (C=O) groups is 1. The molecule has 0 unspecified atom stereocenters. The second-order valence-electron chi connectivity index (χ2n) is 5.93. The summed E-state index contributed by atoms with van der Waals surface area (Å²) in [5.74, 6) is 0.602. The Kier molecular flexibility index (Phi) is 3.17. The van der Waals surface area contributed by atoms with Crippen LogP contribution in [0.2, 0.25) is 0 Å². The Bertz CT molecular complexity index is 664. The highest BCUT2D eigenvalue weighted by Crippen LogP contribution is 2.56. The molecule has 1 aliphatic heterocycles. The fourth-order valence-electron chi connectivity index (χ4n) is 3.52. The van der Waals surface area contributed by atoms with Gasteiger partial charge in [0.25, 0.3) is 0 Å². The van der Waals surface area contributed by atoms with Crippen molar-refractivity contribution in [2.24, 2.45) is 11.7 Å². The molecule has 3 nitrogen and oxygen atoms in total. The highest BCUT2D eigenvalue weighted by Gasteiger charge is 2.62. The molecule has 1 aliphatic carbocycles. The third-order valence-corrected chi connectivity index (χ3v) is 6.90. The van der Waals surface area contributed by atoms with Crippen molar-refractivity contribution in [3.63, 3.8) is 0 Å². The van der Waals surface area contributed by atoms with Crippen LogP contribution in [0.5, 0.6) is 0 Å². The number of thiophene rings is 2. The van der Waals surface area contributed by atoms with Crippen LogP contribution in [0.3, 0.4) is 0 Å². The maximum Gasteiger partial charge on any atom is 0.234 e. The first kappa shape index (κ1) is 13.5. The maximum absolute atomic E-state index is 13.2. The van der Waals surface area contributed by atoms with Crippen molar-refractivity contribution in [1.29, 1.82) is 0 Å². The molecule has 1 fully saturated rings. The van der Waals surface area contributed by atoms with Gasteiger partial charge in [-0.3, -0.25) is 4.79 Å². The molecule has 21 heavy (non-hydrogen) atoms. The van der Waals surface area contributed by atoms with Crippen molar-refractivity contribution in [1.82, 2.24) is 4.90 Å². The Hall–Kier alpha value is -1.17. The van der Waals surface area contributed by atoms with E-state index in [1.54, 1.807) is 11.3 Å². The highest BCUT2D eigenvalue weighted by atomic mass is 32.1. The number of rotatable bonds is 3. The van der Waals surface area contributed by atoms with E-state index in [2.05, 4.69) is 22.9 Å². The van der Waals surface area contributed by atoms with Crippen LogP contribution in [0.4, 0.5) is 0 Å². The van der Waals surface area contributed by atoms with Gasteiger partial charge in [-0.05, 0) is 53.8 Å². The molecule has 0 aromatic carbocycles. The lowest BCUT2D eigenvalue weighted by Gasteiger charge is -2.31. The molecule has 2 N–H and O–H groups in total. The zero-order valence-corrected chi connectivity index (χ0v) is 13.4. The Morgan fingerprint density at radius 3 is 3.00 bits per heavy atom. The Morgan fingerprint density at radius 1 is 1.38 bits per heavy atom. The first-order chi connectivity index (χ1) is 10.3. The van der Waals surface area contributed by atoms with E-state index >= 15 is 0 Å². The molecule has 2 aliphatic rings. The lowest BCUT2D eigenvalue weighted by atomic mass is 9.97.